The number of aromatic nitrogens is 2. The molecule has 1 aromatic carbocycles. The first kappa shape index (κ1) is 20.0. The van der Waals surface area contributed by atoms with E-state index in [9.17, 15) is 14.4 Å². The third-order valence-electron chi connectivity index (χ3n) is 4.07. The highest BCUT2D eigenvalue weighted by Gasteiger charge is 2.13. The zero-order valence-electron chi connectivity index (χ0n) is 15.3. The Hall–Kier alpha value is -2.71. The van der Waals surface area contributed by atoms with Crippen LogP contribution >= 0.6 is 22.9 Å². The Kier molecular flexibility index (Phi) is 6.11. The zero-order valence-corrected chi connectivity index (χ0v) is 16.9. The molecule has 1 amide bonds. The highest BCUT2D eigenvalue weighted by Crippen LogP contribution is 2.27. The molecule has 0 unspecified atom stereocenters. The number of aryl methyl sites for hydroxylation is 3. The number of fused-ring (bicyclic) bond motifs is 1. The number of amides is 1. The Morgan fingerprint density at radius 1 is 1.32 bits per heavy atom. The van der Waals surface area contributed by atoms with Crippen molar-refractivity contribution in [3.8, 4) is 0 Å². The van der Waals surface area contributed by atoms with Crippen LogP contribution in [0.5, 0.6) is 0 Å². The van der Waals surface area contributed by atoms with Crippen LogP contribution < -0.4 is 10.9 Å². The Bertz CT molecular complexity index is 1080. The van der Waals surface area contributed by atoms with Gasteiger partial charge in [0.05, 0.1) is 28.8 Å². The number of nitrogens with one attached hydrogen (secondary N) is 1. The maximum Gasteiger partial charge on any atom is 0.308 e. The number of ether oxygens (including phenoxy) is 1. The lowest BCUT2D eigenvalue weighted by Gasteiger charge is -2.12. The van der Waals surface area contributed by atoms with Crippen molar-refractivity contribution in [2.24, 2.45) is 0 Å². The maximum atomic E-state index is 12.3. The summed E-state index contributed by atoms with van der Waals surface area (Å²) in [6, 6.07) is 5.34. The first-order chi connectivity index (χ1) is 13.3. The van der Waals surface area contributed by atoms with E-state index in [4.69, 9.17) is 16.3 Å². The van der Waals surface area contributed by atoms with Gasteiger partial charge in [0.1, 0.15) is 4.83 Å². The molecule has 0 aliphatic rings. The number of esters is 1. The molecular weight excluding hydrogens is 402 g/mol. The molecule has 0 spiro atoms. The fourth-order valence-corrected chi connectivity index (χ4v) is 3.82. The number of carbonyl (C=O) groups is 2. The van der Waals surface area contributed by atoms with E-state index in [0.29, 0.717) is 20.9 Å². The van der Waals surface area contributed by atoms with Crippen LogP contribution in [0.25, 0.3) is 10.2 Å². The molecular formula is C19H18ClN3O4S. The van der Waals surface area contributed by atoms with Gasteiger partial charge >= 0.3 is 5.97 Å². The molecule has 7 nitrogen and oxygen atoms in total. The second-order valence-electron chi connectivity index (χ2n) is 6.28. The van der Waals surface area contributed by atoms with Gasteiger partial charge in [-0.25, -0.2) is 4.98 Å². The van der Waals surface area contributed by atoms with E-state index in [-0.39, 0.29) is 18.5 Å². The number of rotatable bonds is 6. The van der Waals surface area contributed by atoms with Crippen molar-refractivity contribution in [1.82, 2.24) is 9.55 Å². The van der Waals surface area contributed by atoms with Crippen molar-refractivity contribution in [3.63, 3.8) is 0 Å². The third-order valence-corrected chi connectivity index (χ3v) is 5.19. The van der Waals surface area contributed by atoms with Crippen molar-refractivity contribution >= 4 is 50.7 Å². The van der Waals surface area contributed by atoms with Gasteiger partial charge in [0, 0.05) is 6.54 Å². The number of carbonyl (C=O) groups excluding carboxylic acids is 2. The number of halogens is 1. The van der Waals surface area contributed by atoms with Crippen LogP contribution in [0.15, 0.2) is 34.7 Å². The van der Waals surface area contributed by atoms with Crippen LogP contribution in [-0.4, -0.2) is 28.0 Å². The lowest BCUT2D eigenvalue weighted by atomic mass is 10.1. The fraction of sp³-hybridized carbons (Fsp3) is 0.263. The molecule has 0 aliphatic carbocycles. The predicted molar refractivity (Wildman–Crippen MR) is 109 cm³/mol. The topological polar surface area (TPSA) is 90.3 Å². The molecule has 0 radical (unpaired) electrons. The highest BCUT2D eigenvalue weighted by molar-refractivity contribution is 7.16. The first-order valence-corrected chi connectivity index (χ1v) is 9.76. The molecule has 3 rings (SSSR count). The van der Waals surface area contributed by atoms with Crippen molar-refractivity contribution in [2.45, 2.75) is 26.8 Å². The van der Waals surface area contributed by atoms with E-state index < -0.39 is 18.5 Å². The zero-order chi connectivity index (χ0) is 20.3. The minimum absolute atomic E-state index is 0.0468. The molecule has 0 fully saturated rings. The molecule has 9 heteroatoms. The molecule has 0 aliphatic heterocycles. The van der Waals surface area contributed by atoms with E-state index in [0.717, 1.165) is 11.1 Å². The molecule has 0 bridgehead atoms. The lowest BCUT2D eigenvalue weighted by molar-refractivity contribution is -0.147. The van der Waals surface area contributed by atoms with Crippen molar-refractivity contribution in [2.75, 3.05) is 11.9 Å². The Labute approximate surface area is 169 Å². The van der Waals surface area contributed by atoms with Gasteiger partial charge in [0.25, 0.3) is 11.5 Å². The first-order valence-electron chi connectivity index (χ1n) is 8.50. The van der Waals surface area contributed by atoms with E-state index in [1.807, 2.05) is 19.9 Å². The van der Waals surface area contributed by atoms with Gasteiger partial charge < -0.3 is 10.1 Å². The highest BCUT2D eigenvalue weighted by atomic mass is 35.5. The Morgan fingerprint density at radius 3 is 2.86 bits per heavy atom. The van der Waals surface area contributed by atoms with Crippen molar-refractivity contribution in [3.05, 3.63) is 56.4 Å². The van der Waals surface area contributed by atoms with E-state index >= 15 is 0 Å². The number of anilines is 1. The fourth-order valence-electron chi connectivity index (χ4n) is 2.73. The van der Waals surface area contributed by atoms with Gasteiger partial charge in [0.15, 0.2) is 6.61 Å². The smallest absolute Gasteiger partial charge is 0.308 e. The Morgan fingerprint density at radius 2 is 2.11 bits per heavy atom. The van der Waals surface area contributed by atoms with Crippen LogP contribution in [-0.2, 0) is 20.9 Å². The van der Waals surface area contributed by atoms with Gasteiger partial charge in [-0.3, -0.25) is 19.0 Å². The second kappa shape index (κ2) is 8.53. The summed E-state index contributed by atoms with van der Waals surface area (Å²) in [4.78, 5) is 41.0. The molecule has 0 saturated heterocycles. The SMILES string of the molecule is Cc1cc(C)c(NC(=O)COC(=O)CCn2cnc3sccc3c2=O)c(Cl)c1. The Balaban J connectivity index is 1.52. The standard InChI is InChI=1S/C19H18ClN3O4S/c1-11-7-12(2)17(14(20)8-11)22-15(24)9-27-16(25)3-5-23-10-21-18-13(19(23)26)4-6-28-18/h4,6-8,10H,3,5,9H2,1-2H3,(H,22,24). The van der Waals surface area contributed by atoms with Gasteiger partial charge in [-0.2, -0.15) is 0 Å². The predicted octanol–water partition coefficient (Wildman–Crippen LogP) is 3.30. The number of benzene rings is 1. The summed E-state index contributed by atoms with van der Waals surface area (Å²) in [6.07, 6.45) is 1.36. The molecule has 2 aromatic heterocycles. The number of thiophene rings is 1. The average Bonchev–Trinajstić information content (AvgIpc) is 3.12. The molecule has 3 aromatic rings. The minimum Gasteiger partial charge on any atom is -0.456 e. The summed E-state index contributed by atoms with van der Waals surface area (Å²) in [7, 11) is 0. The van der Waals surface area contributed by atoms with E-state index in [2.05, 4.69) is 10.3 Å². The monoisotopic (exact) mass is 419 g/mol. The van der Waals surface area contributed by atoms with Crippen molar-refractivity contribution < 1.29 is 14.3 Å². The molecule has 28 heavy (non-hydrogen) atoms. The maximum absolute atomic E-state index is 12.3. The summed E-state index contributed by atoms with van der Waals surface area (Å²) >= 11 is 7.53. The normalized spacial score (nSPS) is 10.8. The van der Waals surface area contributed by atoms with Gasteiger partial charge in [-0.15, -0.1) is 11.3 Å². The van der Waals surface area contributed by atoms with Crippen LogP contribution in [0.1, 0.15) is 17.5 Å². The number of hydrogen-bond acceptors (Lipinski definition) is 6. The largest absolute Gasteiger partial charge is 0.456 e. The summed E-state index contributed by atoms with van der Waals surface area (Å²) in [5.74, 6) is -1.07. The second-order valence-corrected chi connectivity index (χ2v) is 7.58. The van der Waals surface area contributed by atoms with Crippen LogP contribution in [0.2, 0.25) is 5.02 Å². The van der Waals surface area contributed by atoms with E-state index in [1.54, 1.807) is 17.5 Å². The summed E-state index contributed by atoms with van der Waals surface area (Å²) < 4.78 is 6.34. The molecule has 146 valence electrons. The summed E-state index contributed by atoms with van der Waals surface area (Å²) in [5, 5.41) is 5.38. The third kappa shape index (κ3) is 4.58. The van der Waals surface area contributed by atoms with Crippen LogP contribution in [0.3, 0.4) is 0 Å². The quantitative estimate of drug-likeness (QED) is 0.619. The molecule has 2 heterocycles. The van der Waals surface area contributed by atoms with Gasteiger partial charge in [-0.05, 0) is 42.5 Å². The summed E-state index contributed by atoms with van der Waals surface area (Å²) in [5.41, 5.74) is 2.09. The number of nitrogens with zero attached hydrogens (tertiary/aromatic N) is 2. The molecule has 0 saturated carbocycles. The van der Waals surface area contributed by atoms with Gasteiger partial charge in [0.2, 0.25) is 0 Å². The lowest BCUT2D eigenvalue weighted by Crippen LogP contribution is -2.24. The van der Waals surface area contributed by atoms with Gasteiger partial charge in [-0.1, -0.05) is 17.7 Å². The molecule has 1 N–H and O–H groups in total. The number of hydrogen-bond donors (Lipinski definition) is 1. The van der Waals surface area contributed by atoms with Crippen LogP contribution in [0.4, 0.5) is 5.69 Å². The van der Waals surface area contributed by atoms with Crippen LogP contribution in [0, 0.1) is 13.8 Å². The minimum atomic E-state index is -0.584. The average molecular weight is 420 g/mol. The van der Waals surface area contributed by atoms with E-state index in [1.165, 1.54) is 22.2 Å². The summed E-state index contributed by atoms with van der Waals surface area (Å²) in [6.45, 7) is 3.43. The van der Waals surface area contributed by atoms with Crippen molar-refractivity contribution in [1.29, 1.82) is 0 Å². The molecule has 0 atom stereocenters.